The van der Waals surface area contributed by atoms with E-state index < -0.39 is 0 Å². The van der Waals surface area contributed by atoms with Gasteiger partial charge in [0.25, 0.3) is 0 Å². The summed E-state index contributed by atoms with van der Waals surface area (Å²) in [5.41, 5.74) is 2.20. The van der Waals surface area contributed by atoms with Gasteiger partial charge in [-0.3, -0.25) is 0 Å². The number of phenolic OH excluding ortho intramolecular Hbond substituents is 1. The van der Waals surface area contributed by atoms with E-state index in [1.165, 1.54) is 5.56 Å². The molecule has 26 heavy (non-hydrogen) atoms. The van der Waals surface area contributed by atoms with Gasteiger partial charge in [-0.25, -0.2) is 0 Å². The highest BCUT2D eigenvalue weighted by Crippen LogP contribution is 2.34. The fourth-order valence-electron chi connectivity index (χ4n) is 2.51. The van der Waals surface area contributed by atoms with Crippen LogP contribution in [0.15, 0.2) is 40.9 Å². The highest BCUT2D eigenvalue weighted by atomic mass is 79.9. The van der Waals surface area contributed by atoms with Crippen molar-refractivity contribution in [1.82, 2.24) is 0 Å². The van der Waals surface area contributed by atoms with Crippen LogP contribution in [0.5, 0.6) is 17.2 Å². The number of benzene rings is 2. The molecule has 0 aromatic heterocycles. The summed E-state index contributed by atoms with van der Waals surface area (Å²) in [7, 11) is 3.33. The van der Waals surface area contributed by atoms with Crippen LogP contribution < -0.4 is 9.47 Å². The van der Waals surface area contributed by atoms with Crippen LogP contribution in [0.2, 0.25) is 0 Å². The fraction of sp³-hybridized carbons (Fsp3) is 0.455. The topological polar surface area (TPSA) is 38.7 Å². The van der Waals surface area contributed by atoms with Gasteiger partial charge in [0.05, 0.1) is 14.2 Å². The van der Waals surface area contributed by atoms with E-state index in [9.17, 15) is 5.11 Å². The molecular formula is C22H31BrO3. The molecule has 144 valence electrons. The minimum atomic E-state index is -0.0569. The van der Waals surface area contributed by atoms with E-state index in [0.29, 0.717) is 5.75 Å². The number of ether oxygens (including phenoxy) is 2. The van der Waals surface area contributed by atoms with Gasteiger partial charge in [0.15, 0.2) is 0 Å². The van der Waals surface area contributed by atoms with Gasteiger partial charge >= 0.3 is 0 Å². The predicted molar refractivity (Wildman–Crippen MR) is 113 cm³/mol. The van der Waals surface area contributed by atoms with E-state index >= 15 is 0 Å². The zero-order valence-electron chi connectivity index (χ0n) is 17.1. The van der Waals surface area contributed by atoms with Crippen molar-refractivity contribution in [2.75, 3.05) is 14.2 Å². The Morgan fingerprint density at radius 1 is 0.769 bits per heavy atom. The third-order valence-electron chi connectivity index (χ3n) is 3.98. The lowest BCUT2D eigenvalue weighted by atomic mass is 9.86. The molecule has 0 aliphatic rings. The van der Waals surface area contributed by atoms with Gasteiger partial charge in [-0.1, -0.05) is 57.5 Å². The Bertz CT molecular complexity index is 725. The third kappa shape index (κ3) is 6.24. The van der Waals surface area contributed by atoms with Crippen molar-refractivity contribution in [2.45, 2.75) is 52.4 Å². The van der Waals surface area contributed by atoms with E-state index in [1.54, 1.807) is 26.4 Å². The second-order valence-electron chi connectivity index (χ2n) is 8.23. The first-order valence-corrected chi connectivity index (χ1v) is 9.41. The number of phenols is 1. The highest BCUT2D eigenvalue weighted by molar-refractivity contribution is 9.10. The zero-order chi connectivity index (χ0) is 20.1. The molecule has 1 N–H and O–H groups in total. The number of hydrogen-bond acceptors (Lipinski definition) is 3. The summed E-state index contributed by atoms with van der Waals surface area (Å²) in [6, 6.07) is 11.4. The summed E-state index contributed by atoms with van der Waals surface area (Å²) in [4.78, 5) is 0. The lowest BCUT2D eigenvalue weighted by Crippen LogP contribution is -2.12. The molecule has 0 fully saturated rings. The van der Waals surface area contributed by atoms with Crippen LogP contribution in [-0.2, 0) is 10.8 Å². The molecule has 0 aliphatic heterocycles. The number of methoxy groups -OCH3 is 2. The number of hydrogen-bond donors (Lipinski definition) is 1. The van der Waals surface area contributed by atoms with Crippen LogP contribution in [-0.4, -0.2) is 19.3 Å². The second kappa shape index (κ2) is 8.81. The molecule has 0 amide bonds. The lowest BCUT2D eigenvalue weighted by molar-refractivity contribution is 0.397. The standard InChI is InChI=1S/C11H15BrO.C11H16O2/c1-11(2,3)9-7-8(12)5-6-10(9)13-4;1-11(2,3)9-7-8(13-4)5-6-10(9)12/h5-7H,1-4H3;5-7,12H,1-4H3. The Kier molecular flexibility index (Phi) is 7.57. The molecule has 0 atom stereocenters. The molecule has 2 aromatic carbocycles. The Hall–Kier alpha value is -1.68. The average molecular weight is 423 g/mol. The first kappa shape index (κ1) is 22.4. The molecule has 2 rings (SSSR count). The van der Waals surface area contributed by atoms with Crippen molar-refractivity contribution in [2.24, 2.45) is 0 Å². The Morgan fingerprint density at radius 3 is 1.81 bits per heavy atom. The van der Waals surface area contributed by atoms with Gasteiger partial charge in [0.2, 0.25) is 0 Å². The number of halogens is 1. The van der Waals surface area contributed by atoms with Gasteiger partial charge in [0.1, 0.15) is 17.2 Å². The van der Waals surface area contributed by atoms with E-state index in [1.807, 2.05) is 18.2 Å². The molecule has 0 radical (unpaired) electrons. The second-order valence-corrected chi connectivity index (χ2v) is 9.14. The third-order valence-corrected chi connectivity index (χ3v) is 4.47. The maximum Gasteiger partial charge on any atom is 0.122 e. The fourth-order valence-corrected chi connectivity index (χ4v) is 2.87. The summed E-state index contributed by atoms with van der Waals surface area (Å²) >= 11 is 3.46. The van der Waals surface area contributed by atoms with E-state index in [4.69, 9.17) is 9.47 Å². The number of rotatable bonds is 2. The molecule has 0 bridgehead atoms. The molecule has 0 spiro atoms. The van der Waals surface area contributed by atoms with Crippen LogP contribution in [0, 0.1) is 0 Å². The summed E-state index contributed by atoms with van der Waals surface area (Å²) in [5, 5.41) is 9.61. The summed E-state index contributed by atoms with van der Waals surface area (Å²) in [6.07, 6.45) is 0. The smallest absolute Gasteiger partial charge is 0.122 e. The molecular weight excluding hydrogens is 392 g/mol. The van der Waals surface area contributed by atoms with E-state index in [2.05, 4.69) is 63.5 Å². The van der Waals surface area contributed by atoms with Crippen LogP contribution >= 0.6 is 15.9 Å². The van der Waals surface area contributed by atoms with Crippen molar-refractivity contribution >= 4 is 15.9 Å². The molecule has 0 aliphatic carbocycles. The van der Waals surface area contributed by atoms with E-state index in [0.717, 1.165) is 21.5 Å². The first-order chi connectivity index (χ1) is 11.9. The Balaban J connectivity index is 0.000000260. The van der Waals surface area contributed by atoms with Crippen molar-refractivity contribution in [1.29, 1.82) is 0 Å². The van der Waals surface area contributed by atoms with Gasteiger partial charge in [-0.2, -0.15) is 0 Å². The minimum Gasteiger partial charge on any atom is -0.508 e. The Morgan fingerprint density at radius 2 is 1.35 bits per heavy atom. The molecule has 2 aromatic rings. The first-order valence-electron chi connectivity index (χ1n) is 8.61. The molecule has 3 nitrogen and oxygen atoms in total. The monoisotopic (exact) mass is 422 g/mol. The summed E-state index contributed by atoms with van der Waals surface area (Å²) < 4.78 is 11.5. The largest absolute Gasteiger partial charge is 0.508 e. The maximum absolute atomic E-state index is 9.61. The van der Waals surface area contributed by atoms with Gasteiger partial charge in [0, 0.05) is 15.6 Å². The highest BCUT2D eigenvalue weighted by Gasteiger charge is 2.19. The molecule has 4 heteroatoms. The van der Waals surface area contributed by atoms with Gasteiger partial charge in [-0.15, -0.1) is 0 Å². The minimum absolute atomic E-state index is 0.0569. The van der Waals surface area contributed by atoms with Crippen molar-refractivity contribution < 1.29 is 14.6 Å². The van der Waals surface area contributed by atoms with Crippen molar-refractivity contribution in [3.63, 3.8) is 0 Å². The van der Waals surface area contributed by atoms with Gasteiger partial charge in [-0.05, 0) is 47.2 Å². The molecule has 0 saturated carbocycles. The summed E-state index contributed by atoms with van der Waals surface area (Å²) in [5.74, 6) is 2.06. The van der Waals surface area contributed by atoms with Crippen LogP contribution in [0.1, 0.15) is 52.7 Å². The van der Waals surface area contributed by atoms with Crippen LogP contribution in [0.4, 0.5) is 0 Å². The zero-order valence-corrected chi connectivity index (χ0v) is 18.7. The van der Waals surface area contributed by atoms with Crippen LogP contribution in [0.3, 0.4) is 0 Å². The maximum atomic E-state index is 9.61. The molecule has 0 saturated heterocycles. The van der Waals surface area contributed by atoms with Gasteiger partial charge < -0.3 is 14.6 Å². The number of aromatic hydroxyl groups is 1. The summed E-state index contributed by atoms with van der Waals surface area (Å²) in [6.45, 7) is 12.7. The van der Waals surface area contributed by atoms with Crippen molar-refractivity contribution in [3.05, 3.63) is 52.0 Å². The van der Waals surface area contributed by atoms with Crippen molar-refractivity contribution in [3.8, 4) is 17.2 Å². The quantitative estimate of drug-likeness (QED) is 0.603. The molecule has 0 heterocycles. The average Bonchev–Trinajstić information content (AvgIpc) is 2.54. The predicted octanol–water partition coefficient (Wildman–Crippen LogP) is 6.45. The van der Waals surface area contributed by atoms with Crippen LogP contribution in [0.25, 0.3) is 0 Å². The van der Waals surface area contributed by atoms with E-state index in [-0.39, 0.29) is 10.8 Å². The normalized spacial score (nSPS) is 11.4. The lowest BCUT2D eigenvalue weighted by Gasteiger charge is -2.22. The molecule has 0 unspecified atom stereocenters. The SMILES string of the molecule is COc1ccc(Br)cc1C(C)(C)C.COc1ccc(O)c(C(C)(C)C)c1. The Labute approximate surface area is 166 Å².